The quantitative estimate of drug-likeness (QED) is 0.187. The van der Waals surface area contributed by atoms with Crippen LogP contribution in [0.25, 0.3) is 0 Å². The molecule has 0 spiro atoms. The molecule has 0 radical (unpaired) electrons. The number of thioether (sulfide) groups is 1. The molecule has 3 fully saturated rings. The summed E-state index contributed by atoms with van der Waals surface area (Å²) in [5, 5.41) is 26.8. The van der Waals surface area contributed by atoms with Crippen LogP contribution >= 0.6 is 31.2 Å². The summed E-state index contributed by atoms with van der Waals surface area (Å²) in [7, 11) is -4.94. The first kappa shape index (κ1) is 27.6. The van der Waals surface area contributed by atoms with E-state index in [4.69, 9.17) is 26.1 Å². The van der Waals surface area contributed by atoms with Crippen LogP contribution in [0.1, 0.15) is 45.4 Å². The lowest BCUT2D eigenvalue weighted by Crippen LogP contribution is -2.65. The predicted molar refractivity (Wildman–Crippen MR) is 125 cm³/mol. The molecule has 33 heavy (non-hydrogen) atoms. The second-order valence-corrected chi connectivity index (χ2v) is 12.2. The van der Waals surface area contributed by atoms with E-state index in [2.05, 4.69) is 15.2 Å². The highest BCUT2D eigenvalue weighted by Gasteiger charge is 2.51. The number of aliphatic hydroxyl groups excluding tert-OH is 2. The first-order valence-corrected chi connectivity index (χ1v) is 14.7. The molecule has 9 unspecified atom stereocenters. The third-order valence-corrected chi connectivity index (χ3v) is 8.35. The molecule has 0 aromatic rings. The van der Waals surface area contributed by atoms with Crippen LogP contribution in [0.4, 0.5) is 0 Å². The summed E-state index contributed by atoms with van der Waals surface area (Å²) < 4.78 is 21.8. The minimum Gasteiger partial charge on any atom is -0.388 e. The van der Waals surface area contributed by atoms with Gasteiger partial charge >= 0.3 is 7.82 Å². The van der Waals surface area contributed by atoms with Gasteiger partial charge in [0.1, 0.15) is 29.9 Å². The number of carbonyl (C=O) groups is 1. The normalized spacial score (nSPS) is 37.7. The Morgan fingerprint density at radius 3 is 2.42 bits per heavy atom. The zero-order valence-corrected chi connectivity index (χ0v) is 21.3. The average Bonchev–Trinajstić information content (AvgIpc) is 3.57. The van der Waals surface area contributed by atoms with Crippen molar-refractivity contribution in [3.63, 3.8) is 0 Å². The topological polar surface area (TPSA) is 158 Å². The van der Waals surface area contributed by atoms with E-state index in [0.717, 1.165) is 37.1 Å². The molecule has 9 atom stereocenters. The number of hydrogen-bond donors (Lipinski definition) is 6. The largest absolute Gasteiger partial charge is 0.470 e. The maximum Gasteiger partial charge on any atom is 0.470 e. The van der Waals surface area contributed by atoms with E-state index in [1.807, 2.05) is 0 Å². The number of carbonyl (C=O) groups excluding carboxylic acids is 1. The van der Waals surface area contributed by atoms with Gasteiger partial charge in [0.25, 0.3) is 0 Å². The average molecular weight is 531 g/mol. The summed E-state index contributed by atoms with van der Waals surface area (Å²) in [4.78, 5) is 31.4. The monoisotopic (exact) mass is 530 g/mol. The molecule has 1 saturated carbocycles. The molecular weight excluding hydrogens is 495 g/mol. The van der Waals surface area contributed by atoms with Crippen molar-refractivity contribution in [3.8, 4) is 0 Å². The van der Waals surface area contributed by atoms with E-state index in [9.17, 15) is 19.6 Å². The third-order valence-electron chi connectivity index (χ3n) is 6.72. The Kier molecular flexibility index (Phi) is 9.94. The Balaban J connectivity index is 1.65. The number of amides is 1. The van der Waals surface area contributed by atoms with Crippen molar-refractivity contribution in [1.29, 1.82) is 0 Å². The van der Waals surface area contributed by atoms with Gasteiger partial charge in [-0.1, -0.05) is 12.8 Å². The third kappa shape index (κ3) is 7.77. The van der Waals surface area contributed by atoms with Crippen LogP contribution in [0.5, 0.6) is 0 Å². The number of hydrogen-bond acceptors (Lipinski definition) is 8. The lowest BCUT2D eigenvalue weighted by molar-refractivity contribution is -0.201. The van der Waals surface area contributed by atoms with Crippen molar-refractivity contribution in [2.24, 2.45) is 11.8 Å². The number of rotatable bonds is 9. The van der Waals surface area contributed by atoms with Crippen LogP contribution in [-0.4, -0.2) is 86.0 Å². The van der Waals surface area contributed by atoms with Gasteiger partial charge in [-0.3, -0.25) is 9.32 Å². The zero-order chi connectivity index (χ0) is 24.3. The molecule has 10 nitrogen and oxygen atoms in total. The maximum atomic E-state index is 13.1. The van der Waals surface area contributed by atoms with Gasteiger partial charge in [0, 0.05) is 0 Å². The molecule has 2 aliphatic heterocycles. The van der Waals surface area contributed by atoms with Crippen LogP contribution in [0.15, 0.2) is 0 Å². The summed E-state index contributed by atoms with van der Waals surface area (Å²) in [6.07, 6.45) is 2.41. The fourth-order valence-electron chi connectivity index (χ4n) is 4.74. The summed E-state index contributed by atoms with van der Waals surface area (Å²) in [6, 6.07) is -1.23. The van der Waals surface area contributed by atoms with E-state index in [-0.39, 0.29) is 11.9 Å². The fourth-order valence-corrected chi connectivity index (χ4v) is 6.30. The van der Waals surface area contributed by atoms with E-state index in [1.54, 1.807) is 13.2 Å². The first-order chi connectivity index (χ1) is 15.5. The number of ether oxygens (including phenoxy) is 1. The molecule has 3 rings (SSSR count). The Bertz CT molecular complexity index is 710. The minimum atomic E-state index is -4.94. The molecule has 6 N–H and O–H groups in total. The van der Waals surface area contributed by atoms with Gasteiger partial charge in [-0.05, 0) is 57.2 Å². The predicted octanol–water partition coefficient (Wildman–Crippen LogP) is 0.944. The van der Waals surface area contributed by atoms with Crippen molar-refractivity contribution >= 4 is 37.1 Å². The van der Waals surface area contributed by atoms with Crippen molar-refractivity contribution < 1.29 is 38.6 Å². The Morgan fingerprint density at radius 2 is 1.85 bits per heavy atom. The zero-order valence-electron chi connectivity index (χ0n) is 18.9. The van der Waals surface area contributed by atoms with Crippen molar-refractivity contribution in [1.82, 2.24) is 10.6 Å². The van der Waals surface area contributed by atoms with Crippen molar-refractivity contribution in [3.05, 3.63) is 0 Å². The van der Waals surface area contributed by atoms with E-state index in [1.165, 1.54) is 19.3 Å². The minimum absolute atomic E-state index is 0.251. The molecule has 2 saturated heterocycles. The molecule has 1 aliphatic carbocycles. The highest BCUT2D eigenvalue weighted by molar-refractivity contribution is 7.99. The second kappa shape index (κ2) is 11.9. The van der Waals surface area contributed by atoms with E-state index in [0.29, 0.717) is 12.3 Å². The standard InChI is InChI=1S/C20H36ClN2O8PS/c1-10(21)14(17-15(24)16(25)18(20(30-17)33-2)31-32(27,28)29)23-19(26)13-6-5-12(7-8-22-13)9-11-3-4-11/h10-18,20,22,24-25H,3-9H2,1-2H3,(H,23,26)(H2,27,28,29). The molecule has 1 amide bonds. The molecule has 0 aromatic carbocycles. The summed E-state index contributed by atoms with van der Waals surface area (Å²) in [6.45, 7) is 2.40. The molecular formula is C20H36ClN2O8PS. The first-order valence-electron chi connectivity index (χ1n) is 11.5. The van der Waals surface area contributed by atoms with Gasteiger partial charge in [0.15, 0.2) is 0 Å². The molecule has 0 bridgehead atoms. The molecule has 3 aliphatic rings. The second-order valence-electron chi connectivity index (χ2n) is 9.38. The van der Waals surface area contributed by atoms with Crippen molar-refractivity contribution in [2.75, 3.05) is 12.8 Å². The lowest BCUT2D eigenvalue weighted by Gasteiger charge is -2.45. The van der Waals surface area contributed by atoms with Gasteiger partial charge in [-0.15, -0.1) is 23.4 Å². The Morgan fingerprint density at radius 1 is 1.21 bits per heavy atom. The smallest absolute Gasteiger partial charge is 0.388 e. The molecule has 2 heterocycles. The highest BCUT2D eigenvalue weighted by atomic mass is 35.5. The summed E-state index contributed by atoms with van der Waals surface area (Å²) in [5.74, 6) is 1.22. The number of nitrogens with one attached hydrogen (secondary N) is 2. The van der Waals surface area contributed by atoms with Gasteiger partial charge in [0.05, 0.1) is 17.5 Å². The van der Waals surface area contributed by atoms with Crippen LogP contribution in [0.2, 0.25) is 0 Å². The van der Waals surface area contributed by atoms with Gasteiger partial charge in [-0.2, -0.15) is 0 Å². The van der Waals surface area contributed by atoms with Gasteiger partial charge in [0.2, 0.25) is 5.91 Å². The van der Waals surface area contributed by atoms with Crippen LogP contribution in [0.3, 0.4) is 0 Å². The van der Waals surface area contributed by atoms with Crippen molar-refractivity contribution in [2.45, 2.75) is 92.8 Å². The van der Waals surface area contributed by atoms with E-state index >= 15 is 0 Å². The fraction of sp³-hybridized carbons (Fsp3) is 0.950. The maximum absolute atomic E-state index is 13.1. The summed E-state index contributed by atoms with van der Waals surface area (Å²) in [5.41, 5.74) is -0.991. The van der Waals surface area contributed by atoms with E-state index < -0.39 is 49.1 Å². The number of phosphoric ester groups is 1. The van der Waals surface area contributed by atoms with Gasteiger partial charge < -0.3 is 35.4 Å². The molecule has 13 heteroatoms. The number of alkyl halides is 1. The number of aliphatic hydroxyl groups is 2. The Labute approximate surface area is 203 Å². The lowest BCUT2D eigenvalue weighted by atomic mass is 9.92. The molecule has 0 aromatic heterocycles. The number of halogens is 1. The highest BCUT2D eigenvalue weighted by Crippen LogP contribution is 2.43. The molecule has 192 valence electrons. The van der Waals surface area contributed by atoms with Crippen LogP contribution in [0, 0.1) is 11.8 Å². The van der Waals surface area contributed by atoms with Crippen LogP contribution in [-0.2, 0) is 18.6 Å². The number of phosphoric acid groups is 1. The Hall–Kier alpha value is 0.0600. The van der Waals surface area contributed by atoms with Gasteiger partial charge in [-0.25, -0.2) is 4.57 Å². The summed E-state index contributed by atoms with van der Waals surface area (Å²) >= 11 is 7.42. The SMILES string of the molecule is CSC1OC(C(NC(=O)C2CCC(CC3CC3)CCN2)C(C)Cl)C(O)C(O)C1OP(=O)(O)O. The van der Waals surface area contributed by atoms with Crippen LogP contribution < -0.4 is 10.6 Å².